The van der Waals surface area contributed by atoms with Crippen molar-refractivity contribution in [2.24, 2.45) is 0 Å². The number of para-hydroxylation sites is 1. The van der Waals surface area contributed by atoms with E-state index in [2.05, 4.69) is 29.2 Å². The van der Waals surface area contributed by atoms with E-state index >= 15 is 0 Å². The Kier molecular flexibility index (Phi) is 3.28. The van der Waals surface area contributed by atoms with Crippen molar-refractivity contribution in [3.63, 3.8) is 0 Å². The fraction of sp³-hybridized carbons (Fsp3) is 0.235. The molecule has 3 rings (SSSR count). The van der Waals surface area contributed by atoms with Crippen LogP contribution in [-0.4, -0.2) is 26.2 Å². The van der Waals surface area contributed by atoms with Crippen LogP contribution in [0.1, 0.15) is 5.56 Å². The molecule has 3 nitrogen and oxygen atoms in total. The molecular formula is C17H18N2O. The largest absolute Gasteiger partial charge is 0.380 e. The molecule has 0 radical (unpaired) electrons. The van der Waals surface area contributed by atoms with E-state index in [4.69, 9.17) is 9.72 Å². The molecule has 0 amide bonds. The molecule has 0 aliphatic rings. The molecule has 0 saturated carbocycles. The lowest BCUT2D eigenvalue weighted by Crippen LogP contribution is -2.12. The minimum Gasteiger partial charge on any atom is -0.380 e. The predicted molar refractivity (Wildman–Crippen MR) is 84.3 cm³/mol. The van der Waals surface area contributed by atoms with E-state index in [-0.39, 0.29) is 0 Å². The lowest BCUT2D eigenvalue weighted by atomic mass is 10.0. The molecule has 0 spiro atoms. The number of anilines is 1. The summed E-state index contributed by atoms with van der Waals surface area (Å²) >= 11 is 0. The van der Waals surface area contributed by atoms with Crippen molar-refractivity contribution in [3.05, 3.63) is 48.0 Å². The molecule has 1 heterocycles. The second-order valence-electron chi connectivity index (χ2n) is 5.14. The van der Waals surface area contributed by atoms with Gasteiger partial charge in [0.05, 0.1) is 17.6 Å². The summed E-state index contributed by atoms with van der Waals surface area (Å²) in [6.07, 6.45) is 0. The summed E-state index contributed by atoms with van der Waals surface area (Å²) in [6.45, 7) is 0.566. The monoisotopic (exact) mass is 266 g/mol. The third kappa shape index (κ3) is 2.10. The van der Waals surface area contributed by atoms with Crippen molar-refractivity contribution < 1.29 is 4.74 Å². The fourth-order valence-electron chi connectivity index (χ4n) is 2.60. The maximum atomic E-state index is 5.37. The Bertz CT molecular complexity index is 765. The van der Waals surface area contributed by atoms with E-state index in [1.54, 1.807) is 7.11 Å². The molecule has 0 bridgehead atoms. The normalized spacial score (nSPS) is 11.2. The van der Waals surface area contributed by atoms with Crippen molar-refractivity contribution >= 4 is 27.5 Å². The van der Waals surface area contributed by atoms with Gasteiger partial charge in [-0.15, -0.1) is 0 Å². The van der Waals surface area contributed by atoms with Gasteiger partial charge in [0.1, 0.15) is 0 Å². The number of hydrogen-bond donors (Lipinski definition) is 0. The number of pyridine rings is 1. The van der Waals surface area contributed by atoms with Crippen molar-refractivity contribution in [1.29, 1.82) is 0 Å². The smallest absolute Gasteiger partial charge is 0.0785 e. The zero-order chi connectivity index (χ0) is 14.1. The summed E-state index contributed by atoms with van der Waals surface area (Å²) in [5.74, 6) is 0. The van der Waals surface area contributed by atoms with Crippen LogP contribution in [0.3, 0.4) is 0 Å². The van der Waals surface area contributed by atoms with E-state index in [0.717, 1.165) is 27.7 Å². The molecular weight excluding hydrogens is 248 g/mol. The molecule has 0 saturated heterocycles. The van der Waals surface area contributed by atoms with Gasteiger partial charge in [-0.3, -0.25) is 0 Å². The van der Waals surface area contributed by atoms with Gasteiger partial charge in [-0.1, -0.05) is 24.3 Å². The van der Waals surface area contributed by atoms with Gasteiger partial charge in [-0.2, -0.15) is 0 Å². The van der Waals surface area contributed by atoms with E-state index in [9.17, 15) is 0 Å². The second kappa shape index (κ2) is 5.10. The summed E-state index contributed by atoms with van der Waals surface area (Å²) in [6, 6.07) is 14.7. The van der Waals surface area contributed by atoms with Gasteiger partial charge in [-0.05, 0) is 18.2 Å². The average Bonchev–Trinajstić information content (AvgIpc) is 2.45. The van der Waals surface area contributed by atoms with Gasteiger partial charge >= 0.3 is 0 Å². The number of ether oxygens (including phenoxy) is 1. The number of aromatic nitrogens is 1. The Morgan fingerprint density at radius 1 is 1.05 bits per heavy atom. The quantitative estimate of drug-likeness (QED) is 0.677. The zero-order valence-electron chi connectivity index (χ0n) is 12.1. The van der Waals surface area contributed by atoms with Gasteiger partial charge in [0, 0.05) is 43.2 Å². The van der Waals surface area contributed by atoms with E-state index in [1.165, 1.54) is 5.39 Å². The first-order valence-electron chi connectivity index (χ1n) is 6.68. The summed E-state index contributed by atoms with van der Waals surface area (Å²) in [5.41, 5.74) is 4.34. The number of fused-ring (bicyclic) bond motifs is 2. The molecule has 1 aromatic heterocycles. The van der Waals surface area contributed by atoms with Crippen molar-refractivity contribution in [2.45, 2.75) is 6.61 Å². The Hall–Kier alpha value is -2.13. The maximum absolute atomic E-state index is 5.37. The molecule has 0 fully saturated rings. The van der Waals surface area contributed by atoms with Gasteiger partial charge < -0.3 is 9.64 Å². The van der Waals surface area contributed by atoms with Crippen LogP contribution in [-0.2, 0) is 11.3 Å². The van der Waals surface area contributed by atoms with Crippen LogP contribution in [0.25, 0.3) is 21.8 Å². The first-order chi connectivity index (χ1) is 9.70. The second-order valence-corrected chi connectivity index (χ2v) is 5.14. The zero-order valence-corrected chi connectivity index (χ0v) is 12.1. The summed E-state index contributed by atoms with van der Waals surface area (Å²) in [5, 5.41) is 2.32. The van der Waals surface area contributed by atoms with E-state index in [0.29, 0.717) is 6.61 Å². The highest BCUT2D eigenvalue weighted by molar-refractivity contribution is 5.96. The standard InChI is InChI=1S/C17H18N2O/c1-19(2)16-9-8-13-10-12-6-4-5-7-15(12)18-17(13)14(16)11-20-3/h4-10H,11H2,1-3H3. The van der Waals surface area contributed by atoms with Gasteiger partial charge in [0.15, 0.2) is 0 Å². The van der Waals surface area contributed by atoms with E-state index in [1.807, 2.05) is 32.3 Å². The number of nitrogens with zero attached hydrogens (tertiary/aromatic N) is 2. The topological polar surface area (TPSA) is 25.4 Å². The lowest BCUT2D eigenvalue weighted by Gasteiger charge is -2.19. The van der Waals surface area contributed by atoms with Crippen LogP contribution in [0, 0.1) is 0 Å². The van der Waals surface area contributed by atoms with E-state index < -0.39 is 0 Å². The van der Waals surface area contributed by atoms with Crippen molar-refractivity contribution in [3.8, 4) is 0 Å². The molecule has 102 valence electrons. The Morgan fingerprint density at radius 3 is 2.60 bits per heavy atom. The molecule has 2 aromatic carbocycles. The molecule has 0 unspecified atom stereocenters. The Morgan fingerprint density at radius 2 is 1.85 bits per heavy atom. The summed E-state index contributed by atoms with van der Waals surface area (Å²) in [4.78, 5) is 6.93. The maximum Gasteiger partial charge on any atom is 0.0785 e. The van der Waals surface area contributed by atoms with Crippen molar-refractivity contribution in [2.75, 3.05) is 26.1 Å². The minimum atomic E-state index is 0.566. The van der Waals surface area contributed by atoms with Gasteiger partial charge in [-0.25, -0.2) is 4.98 Å². The molecule has 0 aliphatic carbocycles. The predicted octanol–water partition coefficient (Wildman–Crippen LogP) is 3.60. The summed E-state index contributed by atoms with van der Waals surface area (Å²) < 4.78 is 5.37. The molecule has 0 atom stereocenters. The number of methoxy groups -OCH3 is 1. The average molecular weight is 266 g/mol. The molecule has 0 N–H and O–H groups in total. The molecule has 0 aliphatic heterocycles. The molecule has 3 aromatic rings. The number of rotatable bonds is 3. The van der Waals surface area contributed by atoms with Gasteiger partial charge in [0.25, 0.3) is 0 Å². The van der Waals surface area contributed by atoms with Crippen LogP contribution in [0.2, 0.25) is 0 Å². The summed E-state index contributed by atoms with van der Waals surface area (Å²) in [7, 11) is 5.81. The van der Waals surface area contributed by atoms with Crippen LogP contribution in [0.4, 0.5) is 5.69 Å². The van der Waals surface area contributed by atoms with Crippen LogP contribution in [0.15, 0.2) is 42.5 Å². The SMILES string of the molecule is COCc1c(N(C)C)ccc2cc3ccccc3nc12. The lowest BCUT2D eigenvalue weighted by molar-refractivity contribution is 0.186. The Balaban J connectivity index is 2.36. The van der Waals surface area contributed by atoms with Gasteiger partial charge in [0.2, 0.25) is 0 Å². The highest BCUT2D eigenvalue weighted by Crippen LogP contribution is 2.29. The van der Waals surface area contributed by atoms with Crippen LogP contribution < -0.4 is 4.90 Å². The first-order valence-corrected chi connectivity index (χ1v) is 6.68. The fourth-order valence-corrected chi connectivity index (χ4v) is 2.60. The highest BCUT2D eigenvalue weighted by atomic mass is 16.5. The van der Waals surface area contributed by atoms with Crippen LogP contribution >= 0.6 is 0 Å². The molecule has 20 heavy (non-hydrogen) atoms. The first kappa shape index (κ1) is 12.9. The third-order valence-electron chi connectivity index (χ3n) is 3.54. The Labute approximate surface area is 118 Å². The number of benzene rings is 2. The van der Waals surface area contributed by atoms with Crippen molar-refractivity contribution in [1.82, 2.24) is 4.98 Å². The minimum absolute atomic E-state index is 0.566. The number of hydrogen-bond acceptors (Lipinski definition) is 3. The van der Waals surface area contributed by atoms with Crippen LogP contribution in [0.5, 0.6) is 0 Å². The molecule has 3 heteroatoms. The highest BCUT2D eigenvalue weighted by Gasteiger charge is 2.11. The third-order valence-corrected chi connectivity index (χ3v) is 3.54.